The molecule has 4 aliphatic carbocycles. The summed E-state index contributed by atoms with van der Waals surface area (Å²) >= 11 is 1.43. The lowest BCUT2D eigenvalue weighted by Crippen LogP contribution is -2.64. The highest BCUT2D eigenvalue weighted by Crippen LogP contribution is 2.72. The third-order valence-electron chi connectivity index (χ3n) is 13.1. The molecular weight excluding hydrogens is 803 g/mol. The largest absolute Gasteiger partial charge is 0.476 e. The Balaban J connectivity index is 0.942. The van der Waals surface area contributed by atoms with Gasteiger partial charge < -0.3 is 15.2 Å². The molecule has 2 unspecified atom stereocenters. The summed E-state index contributed by atoms with van der Waals surface area (Å²) in [6.07, 6.45) is 9.50. The molecule has 4 heterocycles. The summed E-state index contributed by atoms with van der Waals surface area (Å²) in [6.45, 7) is 9.09. The van der Waals surface area contributed by atoms with E-state index in [4.69, 9.17) is 19.4 Å². The molecule has 4 saturated carbocycles. The van der Waals surface area contributed by atoms with Crippen molar-refractivity contribution in [2.24, 2.45) is 16.2 Å². The van der Waals surface area contributed by atoms with E-state index in [1.165, 1.54) is 11.3 Å². The molecule has 60 heavy (non-hydrogen) atoms. The summed E-state index contributed by atoms with van der Waals surface area (Å²) in [4.78, 5) is 37.5. The van der Waals surface area contributed by atoms with Crippen molar-refractivity contribution < 1.29 is 32.4 Å². The van der Waals surface area contributed by atoms with E-state index in [9.17, 15) is 23.1 Å². The number of carboxylic acid groups (broad SMARTS) is 1. The average molecular weight is 854 g/mol. The number of amides is 2. The molecule has 16 heteroatoms. The van der Waals surface area contributed by atoms with Crippen molar-refractivity contribution in [1.29, 1.82) is 0 Å². The monoisotopic (exact) mass is 853 g/mol. The molecule has 0 spiro atoms. The first kappa shape index (κ1) is 40.7. The number of pyridine rings is 1. The molecule has 2 aromatic carbocycles. The number of thiazole rings is 1. The first-order valence-corrected chi connectivity index (χ1v) is 23.1. The standard InChI is InChI=1S/C44H51N7O7S2/c1-28-32(20-46-51(28)27-43-22-41(2)21-42(3,23-43)25-44(24-41,26-43)58-17-14-45-15-18-60(55,56)57)31-12-13-33(47-37(31)38(52)53)30-11-10-29-7-6-16-50(35(29)19-30)40(54)49-39-48-34-8-4-5-9-36(34)59-39/h4-5,8-13,19-20,45H,6-7,14-18,21-27H2,1-3H3,(H,52,53)(H,48,49,54)(H,55,56,57). The van der Waals surface area contributed by atoms with Gasteiger partial charge in [-0.05, 0) is 110 Å². The number of aromatic carboxylic acids is 1. The zero-order valence-corrected chi connectivity index (χ0v) is 35.8. The highest BCUT2D eigenvalue weighted by molar-refractivity contribution is 7.85. The normalized spacial score (nSPS) is 25.8. The maximum atomic E-state index is 13.6. The number of aromatic nitrogens is 4. The summed E-state index contributed by atoms with van der Waals surface area (Å²) in [5, 5.41) is 22.0. The number of ether oxygens (including phenoxy) is 1. The molecule has 4 bridgehead atoms. The topological polar surface area (TPSA) is 189 Å². The molecule has 1 aliphatic heterocycles. The van der Waals surface area contributed by atoms with Gasteiger partial charge in [0.2, 0.25) is 0 Å². The zero-order chi connectivity index (χ0) is 42.1. The molecule has 2 amide bonds. The molecule has 0 saturated heterocycles. The lowest BCUT2D eigenvalue weighted by molar-refractivity contribution is -0.247. The summed E-state index contributed by atoms with van der Waals surface area (Å²) in [6, 6.07) is 17.0. The molecule has 316 valence electrons. The highest BCUT2D eigenvalue weighted by Gasteiger charge is 2.66. The average Bonchev–Trinajstić information content (AvgIpc) is 3.75. The van der Waals surface area contributed by atoms with Crippen molar-refractivity contribution in [2.75, 3.05) is 42.2 Å². The highest BCUT2D eigenvalue weighted by atomic mass is 32.2. The number of para-hydroxylation sites is 1. The third-order valence-corrected chi connectivity index (χ3v) is 14.8. The minimum absolute atomic E-state index is 0.0615. The number of anilines is 2. The van der Waals surface area contributed by atoms with Gasteiger partial charge in [-0.1, -0.05) is 49.4 Å². The molecule has 14 nitrogen and oxygen atoms in total. The van der Waals surface area contributed by atoms with Gasteiger partial charge in [0.05, 0.1) is 40.1 Å². The molecule has 0 radical (unpaired) electrons. The van der Waals surface area contributed by atoms with Crippen LogP contribution in [0.15, 0.2) is 60.8 Å². The van der Waals surface area contributed by atoms with Gasteiger partial charge in [0, 0.05) is 54.3 Å². The molecule has 4 fully saturated rings. The van der Waals surface area contributed by atoms with E-state index in [1.807, 2.05) is 66.2 Å². The second-order valence-electron chi connectivity index (χ2n) is 18.5. The molecule has 5 aromatic rings. The van der Waals surface area contributed by atoms with E-state index in [1.54, 1.807) is 11.1 Å². The number of carbonyl (C=O) groups excluding carboxylic acids is 1. The molecule has 3 aromatic heterocycles. The smallest absolute Gasteiger partial charge is 0.355 e. The van der Waals surface area contributed by atoms with Gasteiger partial charge in [0.1, 0.15) is 0 Å². The maximum Gasteiger partial charge on any atom is 0.355 e. The van der Waals surface area contributed by atoms with E-state index in [0.29, 0.717) is 48.2 Å². The Hall–Kier alpha value is -4.74. The van der Waals surface area contributed by atoms with Crippen LogP contribution in [0.5, 0.6) is 0 Å². The van der Waals surface area contributed by atoms with E-state index in [2.05, 4.69) is 29.5 Å². The number of urea groups is 1. The second-order valence-corrected chi connectivity index (χ2v) is 21.1. The summed E-state index contributed by atoms with van der Waals surface area (Å²) < 4.78 is 41.1. The van der Waals surface area contributed by atoms with E-state index in [-0.39, 0.29) is 45.9 Å². The van der Waals surface area contributed by atoms with Crippen molar-refractivity contribution in [3.05, 3.63) is 77.7 Å². The number of nitrogens with one attached hydrogen (secondary N) is 2. The summed E-state index contributed by atoms with van der Waals surface area (Å²) in [7, 11) is -4.02. The number of hydrogen-bond acceptors (Lipinski definition) is 10. The Morgan fingerprint density at radius 3 is 2.48 bits per heavy atom. The zero-order valence-electron chi connectivity index (χ0n) is 34.2. The molecule has 10 rings (SSSR count). The summed E-state index contributed by atoms with van der Waals surface area (Å²) in [5.74, 6) is -1.47. The van der Waals surface area contributed by atoms with Crippen LogP contribution in [0.4, 0.5) is 15.6 Å². The minimum Gasteiger partial charge on any atom is -0.476 e. The van der Waals surface area contributed by atoms with Gasteiger partial charge in [-0.3, -0.25) is 19.5 Å². The van der Waals surface area contributed by atoms with Crippen LogP contribution in [-0.2, 0) is 27.8 Å². The lowest BCUT2D eigenvalue weighted by Gasteiger charge is -2.69. The molecule has 4 N–H and O–H groups in total. The molecule has 5 aliphatic rings. The predicted octanol–water partition coefficient (Wildman–Crippen LogP) is 7.83. The molecular formula is C44H51N7O7S2. The third kappa shape index (κ3) is 7.95. The number of carbonyl (C=O) groups is 2. The first-order valence-electron chi connectivity index (χ1n) is 20.7. The van der Waals surface area contributed by atoms with Gasteiger partial charge >= 0.3 is 12.0 Å². The van der Waals surface area contributed by atoms with Crippen LogP contribution in [0.1, 0.15) is 80.5 Å². The fourth-order valence-corrected chi connectivity index (χ4v) is 13.3. The quantitative estimate of drug-likeness (QED) is 0.0668. The number of hydrogen-bond donors (Lipinski definition) is 4. The van der Waals surface area contributed by atoms with Crippen LogP contribution in [0.25, 0.3) is 32.6 Å². The minimum atomic E-state index is -4.02. The van der Waals surface area contributed by atoms with Gasteiger partial charge in [-0.15, -0.1) is 0 Å². The van der Waals surface area contributed by atoms with Crippen LogP contribution in [0, 0.1) is 23.2 Å². The van der Waals surface area contributed by atoms with E-state index < -0.39 is 16.1 Å². The first-order chi connectivity index (χ1) is 28.5. The Morgan fingerprint density at radius 2 is 1.73 bits per heavy atom. The van der Waals surface area contributed by atoms with Crippen LogP contribution in [0.2, 0.25) is 0 Å². The number of benzene rings is 2. The number of rotatable bonds is 13. The Labute approximate surface area is 353 Å². The van der Waals surface area contributed by atoms with Crippen molar-refractivity contribution in [3.8, 4) is 22.4 Å². The Bertz CT molecular complexity index is 2570. The number of nitrogens with zero attached hydrogens (tertiary/aromatic N) is 5. The van der Waals surface area contributed by atoms with Gasteiger partial charge in [0.15, 0.2) is 10.8 Å². The Kier molecular flexibility index (Phi) is 10.2. The van der Waals surface area contributed by atoms with Gasteiger partial charge in [-0.25, -0.2) is 19.6 Å². The molecule has 2 atom stereocenters. The number of aryl methyl sites for hydroxylation is 1. The fourth-order valence-electron chi connectivity index (χ4n) is 12.0. The van der Waals surface area contributed by atoms with Crippen LogP contribution in [0.3, 0.4) is 0 Å². The fraction of sp³-hybridized carbons (Fsp3) is 0.477. The summed E-state index contributed by atoms with van der Waals surface area (Å²) in [5.41, 5.74) is 5.73. The number of carboxylic acids is 1. The van der Waals surface area contributed by atoms with Gasteiger partial charge in [-0.2, -0.15) is 13.5 Å². The maximum absolute atomic E-state index is 13.6. The van der Waals surface area contributed by atoms with Crippen LogP contribution < -0.4 is 15.5 Å². The van der Waals surface area contributed by atoms with Crippen LogP contribution in [-0.4, -0.2) is 87.4 Å². The van der Waals surface area contributed by atoms with Crippen molar-refractivity contribution in [2.45, 2.75) is 84.3 Å². The SMILES string of the molecule is Cc1c(-c2ccc(-c3ccc4c(c3)N(C(=O)Nc3nc5ccccc5s3)CCC4)nc2C(=O)O)cnn1CC12CC3(C)CC(C)(C1)CC(OCCNCCS(=O)(=O)O)(C3)C2. The van der Waals surface area contributed by atoms with Crippen molar-refractivity contribution in [3.63, 3.8) is 0 Å². The van der Waals surface area contributed by atoms with E-state index in [0.717, 1.165) is 84.1 Å². The van der Waals surface area contributed by atoms with Crippen molar-refractivity contribution in [1.82, 2.24) is 25.1 Å². The Morgan fingerprint density at radius 1 is 0.950 bits per heavy atom. The van der Waals surface area contributed by atoms with E-state index >= 15 is 0 Å². The van der Waals surface area contributed by atoms with Crippen molar-refractivity contribution >= 4 is 54.5 Å². The van der Waals surface area contributed by atoms with Gasteiger partial charge in [0.25, 0.3) is 10.1 Å². The predicted molar refractivity (Wildman–Crippen MR) is 231 cm³/mol. The van der Waals surface area contributed by atoms with Crippen LogP contribution >= 0.6 is 11.3 Å². The number of fused-ring (bicyclic) bond motifs is 2. The second kappa shape index (κ2) is 15.0. The lowest BCUT2D eigenvalue weighted by atomic mass is 9.39.